The second kappa shape index (κ2) is 10.1. The zero-order valence-electron chi connectivity index (χ0n) is 22.2. The van der Waals surface area contributed by atoms with E-state index in [2.05, 4.69) is 0 Å². The number of halogens is 3. The molecule has 0 atom stereocenters. The third-order valence-corrected chi connectivity index (χ3v) is 11.3. The maximum absolute atomic E-state index is 14.1. The van der Waals surface area contributed by atoms with Gasteiger partial charge in [0.15, 0.2) is 19.7 Å². The molecule has 2 fully saturated rings. The number of carbonyl (C=O) groups is 1. The van der Waals surface area contributed by atoms with Crippen LogP contribution in [0.3, 0.4) is 0 Å². The zero-order chi connectivity index (χ0) is 29.0. The van der Waals surface area contributed by atoms with E-state index in [0.717, 1.165) is 31.2 Å². The molecule has 0 radical (unpaired) electrons. The van der Waals surface area contributed by atoms with Gasteiger partial charge in [-0.05, 0) is 81.8 Å². The maximum atomic E-state index is 14.1. The standard InChI is InChI=1S/C27H32F3NO6S2/c1-26(2,39(35,36)22-14-18(27(3,29)30)13-19(28)15-22)17-9-11-31(12-10-17)25(32)23-8-7-21(37-20-5-6-20)16-24(23)38(4,33)34/h7-8,13-17,20H,5-6,9-12H2,1-4H3. The van der Waals surface area contributed by atoms with Gasteiger partial charge in [-0.3, -0.25) is 4.79 Å². The Morgan fingerprint density at radius 2 is 1.56 bits per heavy atom. The number of hydrogen-bond donors (Lipinski definition) is 0. The molecule has 0 unspecified atom stereocenters. The molecule has 4 rings (SSSR count). The maximum Gasteiger partial charge on any atom is 0.270 e. The lowest BCUT2D eigenvalue weighted by Gasteiger charge is -2.40. The normalized spacial score (nSPS) is 17.8. The molecule has 0 aromatic heterocycles. The predicted octanol–water partition coefficient (Wildman–Crippen LogP) is 4.99. The molecule has 7 nitrogen and oxygen atoms in total. The number of likely N-dealkylation sites (tertiary alicyclic amines) is 1. The molecular formula is C27H32F3NO6S2. The number of sulfone groups is 2. The molecule has 0 N–H and O–H groups in total. The van der Waals surface area contributed by atoms with Crippen molar-refractivity contribution in [3.8, 4) is 5.75 Å². The van der Waals surface area contributed by atoms with Crippen molar-refractivity contribution in [2.24, 2.45) is 5.92 Å². The van der Waals surface area contributed by atoms with Crippen molar-refractivity contribution in [1.82, 2.24) is 4.90 Å². The lowest BCUT2D eigenvalue weighted by atomic mass is 9.85. The molecule has 2 aliphatic rings. The van der Waals surface area contributed by atoms with Crippen molar-refractivity contribution >= 4 is 25.6 Å². The molecule has 1 heterocycles. The first kappa shape index (κ1) is 29.4. The first-order valence-electron chi connectivity index (χ1n) is 12.6. The average molecular weight is 588 g/mol. The van der Waals surface area contributed by atoms with E-state index in [4.69, 9.17) is 4.74 Å². The Morgan fingerprint density at radius 3 is 2.10 bits per heavy atom. The molecule has 2 aromatic rings. The number of amides is 1. The van der Waals surface area contributed by atoms with Crippen LogP contribution in [0.1, 0.15) is 62.4 Å². The fourth-order valence-corrected chi connectivity index (χ4v) is 7.60. The monoisotopic (exact) mass is 587 g/mol. The van der Waals surface area contributed by atoms with E-state index in [1.54, 1.807) is 6.07 Å². The van der Waals surface area contributed by atoms with Gasteiger partial charge in [-0.25, -0.2) is 30.0 Å². The summed E-state index contributed by atoms with van der Waals surface area (Å²) in [7, 11) is -7.99. The van der Waals surface area contributed by atoms with E-state index in [1.165, 1.54) is 30.9 Å². The Labute approximate surface area is 227 Å². The molecule has 214 valence electrons. The summed E-state index contributed by atoms with van der Waals surface area (Å²) in [5.74, 6) is -5.08. The first-order valence-corrected chi connectivity index (χ1v) is 16.0. The van der Waals surface area contributed by atoms with Gasteiger partial charge in [0.25, 0.3) is 11.8 Å². The Morgan fingerprint density at radius 1 is 0.949 bits per heavy atom. The van der Waals surface area contributed by atoms with E-state index < -0.39 is 58.4 Å². The smallest absolute Gasteiger partial charge is 0.270 e. The number of carbonyl (C=O) groups excluding carboxylic acids is 1. The number of ether oxygens (including phenoxy) is 1. The van der Waals surface area contributed by atoms with Crippen molar-refractivity contribution in [2.45, 2.75) is 73.0 Å². The molecule has 1 amide bonds. The number of benzene rings is 2. The van der Waals surface area contributed by atoms with Crippen molar-refractivity contribution in [2.75, 3.05) is 19.3 Å². The van der Waals surface area contributed by atoms with Gasteiger partial charge in [0.05, 0.1) is 26.2 Å². The van der Waals surface area contributed by atoms with Gasteiger partial charge in [-0.1, -0.05) is 0 Å². The van der Waals surface area contributed by atoms with Gasteiger partial charge in [0, 0.05) is 31.8 Å². The minimum atomic E-state index is -4.24. The summed E-state index contributed by atoms with van der Waals surface area (Å²) in [4.78, 5) is 14.2. The van der Waals surface area contributed by atoms with Crippen LogP contribution in [0.4, 0.5) is 13.2 Å². The number of hydrogen-bond acceptors (Lipinski definition) is 6. The lowest BCUT2D eigenvalue weighted by Crippen LogP contribution is -2.47. The Balaban J connectivity index is 1.53. The van der Waals surface area contributed by atoms with E-state index in [-0.39, 0.29) is 42.5 Å². The summed E-state index contributed by atoms with van der Waals surface area (Å²) in [6, 6.07) is 6.52. The highest BCUT2D eigenvalue weighted by molar-refractivity contribution is 7.92. The highest BCUT2D eigenvalue weighted by Gasteiger charge is 2.45. The molecule has 0 bridgehead atoms. The summed E-state index contributed by atoms with van der Waals surface area (Å²) in [6.07, 6.45) is 3.38. The minimum Gasteiger partial charge on any atom is -0.490 e. The van der Waals surface area contributed by atoms with E-state index in [9.17, 15) is 34.8 Å². The molecule has 0 spiro atoms. The SMILES string of the molecule is CC(F)(F)c1cc(F)cc(S(=O)(=O)C(C)(C)C2CCN(C(=O)c3ccc(OC4CC4)cc3S(C)(=O)=O)CC2)c1. The number of alkyl halides is 2. The lowest BCUT2D eigenvalue weighted by molar-refractivity contribution is 0.0169. The molecule has 1 saturated carbocycles. The van der Waals surface area contributed by atoms with Crippen molar-refractivity contribution in [1.29, 1.82) is 0 Å². The quantitative estimate of drug-likeness (QED) is 0.432. The summed E-state index contributed by atoms with van der Waals surface area (Å²) in [6.45, 7) is 3.83. The van der Waals surface area contributed by atoms with Gasteiger partial charge in [0.1, 0.15) is 11.6 Å². The van der Waals surface area contributed by atoms with Gasteiger partial charge >= 0.3 is 0 Å². The minimum absolute atomic E-state index is 0.0127. The zero-order valence-corrected chi connectivity index (χ0v) is 23.8. The van der Waals surface area contributed by atoms with Gasteiger partial charge in [-0.2, -0.15) is 0 Å². The third kappa shape index (κ3) is 6.11. The van der Waals surface area contributed by atoms with Gasteiger partial charge in [-0.15, -0.1) is 0 Å². The fraction of sp³-hybridized carbons (Fsp3) is 0.519. The highest BCUT2D eigenvalue weighted by atomic mass is 32.2. The summed E-state index contributed by atoms with van der Waals surface area (Å²) in [5, 5.41) is 0. The van der Waals surface area contributed by atoms with E-state index in [1.807, 2.05) is 0 Å². The van der Waals surface area contributed by atoms with Crippen LogP contribution in [-0.2, 0) is 25.6 Å². The first-order chi connectivity index (χ1) is 17.9. The largest absolute Gasteiger partial charge is 0.490 e. The van der Waals surface area contributed by atoms with Crippen LogP contribution in [0.2, 0.25) is 0 Å². The van der Waals surface area contributed by atoms with E-state index >= 15 is 0 Å². The molecule has 39 heavy (non-hydrogen) atoms. The number of rotatable bonds is 8. The van der Waals surface area contributed by atoms with Crippen molar-refractivity contribution in [3.63, 3.8) is 0 Å². The van der Waals surface area contributed by atoms with Crippen LogP contribution in [0, 0.1) is 11.7 Å². The second-order valence-electron chi connectivity index (χ2n) is 11.0. The van der Waals surface area contributed by atoms with E-state index in [0.29, 0.717) is 18.7 Å². The summed E-state index contributed by atoms with van der Waals surface area (Å²) < 4.78 is 98.0. The molecule has 12 heteroatoms. The second-order valence-corrected chi connectivity index (χ2v) is 15.5. The predicted molar refractivity (Wildman–Crippen MR) is 139 cm³/mol. The Bertz CT molecular complexity index is 1490. The van der Waals surface area contributed by atoms with Crippen LogP contribution in [-0.4, -0.2) is 57.8 Å². The third-order valence-electron chi connectivity index (χ3n) is 7.56. The Hall–Kier alpha value is -2.60. The van der Waals surface area contributed by atoms with Crippen LogP contribution in [0.5, 0.6) is 5.75 Å². The topological polar surface area (TPSA) is 97.8 Å². The van der Waals surface area contributed by atoms with Crippen molar-refractivity contribution in [3.05, 3.63) is 53.3 Å². The van der Waals surface area contributed by atoms with Crippen LogP contribution < -0.4 is 4.74 Å². The molecular weight excluding hydrogens is 555 g/mol. The van der Waals surface area contributed by atoms with Crippen LogP contribution in [0.15, 0.2) is 46.2 Å². The Kier molecular flexibility index (Phi) is 7.61. The van der Waals surface area contributed by atoms with Crippen molar-refractivity contribution < 1.29 is 39.5 Å². The summed E-state index contributed by atoms with van der Waals surface area (Å²) in [5.41, 5.74) is -0.716. The fourth-order valence-electron chi connectivity index (χ4n) is 4.88. The number of nitrogens with zero attached hydrogens (tertiary/aromatic N) is 1. The van der Waals surface area contributed by atoms with Gasteiger partial charge < -0.3 is 9.64 Å². The number of piperidine rings is 1. The van der Waals surface area contributed by atoms with Crippen LogP contribution >= 0.6 is 0 Å². The highest BCUT2D eigenvalue weighted by Crippen LogP contribution is 2.40. The van der Waals surface area contributed by atoms with Gasteiger partial charge in [0.2, 0.25) is 0 Å². The van der Waals surface area contributed by atoms with Crippen LogP contribution in [0.25, 0.3) is 0 Å². The summed E-state index contributed by atoms with van der Waals surface area (Å²) >= 11 is 0. The average Bonchev–Trinajstić information content (AvgIpc) is 3.66. The molecule has 1 aliphatic heterocycles. The molecule has 2 aromatic carbocycles. The molecule has 1 aliphatic carbocycles. The molecule has 1 saturated heterocycles.